The molecule has 0 spiro atoms. The van der Waals surface area contributed by atoms with Crippen molar-refractivity contribution in [1.82, 2.24) is 15.2 Å². The number of alkyl halides is 3. The molecule has 14 heteroatoms. The second-order valence-corrected chi connectivity index (χ2v) is 9.97. The maximum Gasteiger partial charge on any atom is 0.416 e. The van der Waals surface area contributed by atoms with Crippen molar-refractivity contribution in [3.8, 4) is 0 Å². The number of nitrogens with one attached hydrogen (secondary N) is 2. The highest BCUT2D eigenvalue weighted by molar-refractivity contribution is 7.13. The van der Waals surface area contributed by atoms with Crippen LogP contribution in [0.25, 0.3) is 0 Å². The molecule has 0 saturated carbocycles. The summed E-state index contributed by atoms with van der Waals surface area (Å²) in [5, 5.41) is 15.3. The van der Waals surface area contributed by atoms with Gasteiger partial charge < -0.3 is 20.6 Å². The molecule has 3 rings (SSSR count). The zero-order chi connectivity index (χ0) is 29.1. The first-order chi connectivity index (χ1) is 18.2. The summed E-state index contributed by atoms with van der Waals surface area (Å²) in [5.41, 5.74) is -2.14. The number of nitrogens with zero attached hydrogens (tertiary/aromatic N) is 3. The first-order valence-corrected chi connectivity index (χ1v) is 12.3. The molecule has 1 aliphatic rings. The fourth-order valence-corrected chi connectivity index (χ4v) is 4.24. The molecular formula is C25H25F4N5O4S. The van der Waals surface area contributed by atoms with Crippen LogP contribution in [0.1, 0.15) is 56.9 Å². The van der Waals surface area contributed by atoms with Crippen molar-refractivity contribution >= 4 is 40.5 Å². The molecule has 0 fully saturated rings. The summed E-state index contributed by atoms with van der Waals surface area (Å²) < 4.78 is 54.5. The van der Waals surface area contributed by atoms with Crippen molar-refractivity contribution in [3.63, 3.8) is 0 Å². The maximum absolute atomic E-state index is 14.3. The average molecular weight is 568 g/mol. The molecule has 39 heavy (non-hydrogen) atoms. The van der Waals surface area contributed by atoms with Gasteiger partial charge in [0.15, 0.2) is 11.5 Å². The first kappa shape index (κ1) is 29.5. The lowest BCUT2D eigenvalue weighted by atomic mass is 10.0. The molecule has 2 heterocycles. The zero-order valence-corrected chi connectivity index (χ0v) is 22.1. The van der Waals surface area contributed by atoms with E-state index < -0.39 is 58.7 Å². The summed E-state index contributed by atoms with van der Waals surface area (Å²) in [5.74, 6) is -4.74. The molecule has 0 saturated heterocycles. The van der Waals surface area contributed by atoms with E-state index in [1.54, 1.807) is 13.0 Å². The standard InChI is InChI=1S/C25H25F4N5O4S/c1-12-6-5-7-30-19(20(35)18(12)26)22(37)32-13(2)23-31-11-17(39-23)21(36)33-16-9-14(24(38)34(3)4)8-15(10-16)25(27,28)29/h5,7-13,35H,6H2,1-4H3,(H,32,37)(H,33,36)/b7-5+,20-18-,30-19+. The predicted octanol–water partition coefficient (Wildman–Crippen LogP) is 5.03. The van der Waals surface area contributed by atoms with Crippen molar-refractivity contribution in [2.45, 2.75) is 32.5 Å². The van der Waals surface area contributed by atoms with Gasteiger partial charge in [0, 0.05) is 37.5 Å². The number of aromatic nitrogens is 1. The van der Waals surface area contributed by atoms with Crippen LogP contribution in [-0.4, -0.2) is 52.5 Å². The Morgan fingerprint density at radius 1 is 1.18 bits per heavy atom. The molecule has 9 nitrogen and oxygen atoms in total. The summed E-state index contributed by atoms with van der Waals surface area (Å²) in [6, 6.07) is 1.74. The van der Waals surface area contributed by atoms with Crippen molar-refractivity contribution in [2.24, 2.45) is 10.9 Å². The van der Waals surface area contributed by atoms with E-state index in [1.807, 2.05) is 0 Å². The third kappa shape index (κ3) is 7.07. The lowest BCUT2D eigenvalue weighted by Crippen LogP contribution is -2.34. The number of aliphatic hydroxyl groups excluding tert-OH is 1. The van der Waals surface area contributed by atoms with Gasteiger partial charge in [0.05, 0.1) is 17.8 Å². The van der Waals surface area contributed by atoms with Crippen LogP contribution in [0.4, 0.5) is 23.2 Å². The lowest BCUT2D eigenvalue weighted by molar-refractivity contribution is -0.137. The minimum Gasteiger partial charge on any atom is -0.503 e. The summed E-state index contributed by atoms with van der Waals surface area (Å²) in [4.78, 5) is 46.7. The van der Waals surface area contributed by atoms with E-state index in [0.717, 1.165) is 22.3 Å². The molecule has 3 amide bonds. The van der Waals surface area contributed by atoms with Crippen molar-refractivity contribution in [1.29, 1.82) is 0 Å². The topological polar surface area (TPSA) is 124 Å². The van der Waals surface area contributed by atoms with Crippen LogP contribution in [0.3, 0.4) is 0 Å². The van der Waals surface area contributed by atoms with Crippen LogP contribution >= 0.6 is 11.3 Å². The van der Waals surface area contributed by atoms with Crippen LogP contribution < -0.4 is 10.6 Å². The van der Waals surface area contributed by atoms with E-state index >= 15 is 0 Å². The number of hydrogen-bond donors (Lipinski definition) is 3. The van der Waals surface area contributed by atoms with Crippen molar-refractivity contribution in [3.05, 3.63) is 69.3 Å². The Labute approximate surface area is 224 Å². The molecule has 0 aliphatic carbocycles. The molecule has 1 aromatic heterocycles. The van der Waals surface area contributed by atoms with Crippen LogP contribution in [0.2, 0.25) is 0 Å². The predicted molar refractivity (Wildman–Crippen MR) is 137 cm³/mol. The Balaban J connectivity index is 1.78. The van der Waals surface area contributed by atoms with Crippen LogP contribution in [0.15, 0.2) is 53.3 Å². The number of hydrogen-bond acceptors (Lipinski definition) is 7. The smallest absolute Gasteiger partial charge is 0.416 e. The van der Waals surface area contributed by atoms with Crippen molar-refractivity contribution < 1.29 is 37.1 Å². The SMILES string of the molecule is CC1C/C=C/N=C(C(=O)NC(C)c2ncc(C(=O)Nc3cc(C(=O)N(C)C)cc(C(F)(F)F)c3)s2)\C(O)=C/1F. The second kappa shape index (κ2) is 11.8. The Hall–Kier alpha value is -4.07. The number of aliphatic hydroxyl groups is 1. The van der Waals surface area contributed by atoms with Crippen molar-refractivity contribution in [2.75, 3.05) is 19.4 Å². The fraction of sp³-hybridized carbons (Fsp3) is 0.320. The van der Waals surface area contributed by atoms with E-state index in [4.69, 9.17) is 0 Å². The number of allylic oxidation sites excluding steroid dienone is 2. The summed E-state index contributed by atoms with van der Waals surface area (Å²) in [6.45, 7) is 3.07. The van der Waals surface area contributed by atoms with Crippen LogP contribution in [0, 0.1) is 5.92 Å². The highest BCUT2D eigenvalue weighted by atomic mass is 32.1. The minimum absolute atomic E-state index is 0.0119. The van der Waals surface area contributed by atoms with E-state index in [-0.39, 0.29) is 21.1 Å². The van der Waals surface area contributed by atoms with Gasteiger partial charge in [-0.2, -0.15) is 13.2 Å². The number of aliphatic imine (C=N–C) groups is 1. The number of amides is 3. The summed E-state index contributed by atoms with van der Waals surface area (Å²) in [7, 11) is 2.77. The molecule has 2 unspecified atom stereocenters. The van der Waals surface area contributed by atoms with Gasteiger partial charge in [-0.15, -0.1) is 11.3 Å². The number of rotatable bonds is 6. The fourth-order valence-electron chi connectivity index (χ4n) is 3.43. The third-order valence-electron chi connectivity index (χ3n) is 5.53. The maximum atomic E-state index is 14.3. The molecule has 0 bridgehead atoms. The number of anilines is 1. The first-order valence-electron chi connectivity index (χ1n) is 11.5. The highest BCUT2D eigenvalue weighted by Gasteiger charge is 2.32. The molecule has 1 aromatic carbocycles. The number of benzene rings is 1. The molecule has 2 aromatic rings. The summed E-state index contributed by atoms with van der Waals surface area (Å²) in [6.07, 6.45) is -0.442. The monoisotopic (exact) mass is 567 g/mol. The number of halogens is 4. The Morgan fingerprint density at radius 2 is 1.87 bits per heavy atom. The van der Waals surface area contributed by atoms with Gasteiger partial charge >= 0.3 is 6.18 Å². The minimum atomic E-state index is -4.76. The number of carbonyl (C=O) groups is 3. The van der Waals surface area contributed by atoms with E-state index in [2.05, 4.69) is 20.6 Å². The Bertz CT molecular complexity index is 1380. The molecular weight excluding hydrogens is 542 g/mol. The van der Waals surface area contributed by atoms with Gasteiger partial charge in [0.1, 0.15) is 15.7 Å². The third-order valence-corrected chi connectivity index (χ3v) is 6.71. The summed E-state index contributed by atoms with van der Waals surface area (Å²) >= 11 is 0.854. The van der Waals surface area contributed by atoms with Gasteiger partial charge in [-0.25, -0.2) is 14.4 Å². The second-order valence-electron chi connectivity index (χ2n) is 8.90. The zero-order valence-electron chi connectivity index (χ0n) is 21.3. The Morgan fingerprint density at radius 3 is 2.51 bits per heavy atom. The van der Waals surface area contributed by atoms with Gasteiger partial charge in [0.2, 0.25) is 0 Å². The average Bonchev–Trinajstić information content (AvgIpc) is 3.36. The Kier molecular flexibility index (Phi) is 8.89. The molecule has 0 radical (unpaired) electrons. The van der Waals surface area contributed by atoms with Gasteiger partial charge in [0.25, 0.3) is 17.7 Å². The van der Waals surface area contributed by atoms with Crippen LogP contribution in [-0.2, 0) is 11.0 Å². The highest BCUT2D eigenvalue weighted by Crippen LogP contribution is 2.33. The molecule has 1 aliphatic heterocycles. The normalized spacial score (nSPS) is 20.6. The van der Waals surface area contributed by atoms with E-state index in [1.165, 1.54) is 33.4 Å². The van der Waals surface area contributed by atoms with E-state index in [0.29, 0.717) is 18.6 Å². The molecule has 2 atom stereocenters. The lowest BCUT2D eigenvalue weighted by Gasteiger charge is -2.15. The van der Waals surface area contributed by atoms with Gasteiger partial charge in [-0.05, 0) is 31.5 Å². The van der Waals surface area contributed by atoms with Gasteiger partial charge in [-0.1, -0.05) is 13.0 Å². The number of carbonyl (C=O) groups excluding carboxylic acids is 3. The molecule has 3 N–H and O–H groups in total. The van der Waals surface area contributed by atoms with E-state index in [9.17, 15) is 37.1 Å². The number of thiazole rings is 1. The van der Waals surface area contributed by atoms with Gasteiger partial charge in [-0.3, -0.25) is 14.4 Å². The largest absolute Gasteiger partial charge is 0.503 e. The quantitative estimate of drug-likeness (QED) is 0.423. The molecule has 208 valence electrons. The van der Waals surface area contributed by atoms with Crippen LogP contribution in [0.5, 0.6) is 0 Å².